The highest BCUT2D eigenvalue weighted by atomic mass is 16.6. The predicted octanol–water partition coefficient (Wildman–Crippen LogP) is 2.28. The summed E-state index contributed by atoms with van der Waals surface area (Å²) >= 11 is 0. The molecule has 1 fully saturated rings. The molecule has 2 aromatic rings. The molecular weight excluding hydrogens is 366 g/mol. The molecule has 0 aromatic heterocycles. The van der Waals surface area contributed by atoms with Gasteiger partial charge in [0.15, 0.2) is 11.5 Å². The van der Waals surface area contributed by atoms with Crippen LogP contribution in [-0.4, -0.2) is 61.1 Å². The van der Waals surface area contributed by atoms with E-state index in [9.17, 15) is 4.79 Å². The van der Waals surface area contributed by atoms with Crippen molar-refractivity contribution in [2.45, 2.75) is 32.2 Å². The molecule has 6 nitrogen and oxygen atoms in total. The molecule has 2 aliphatic rings. The first kappa shape index (κ1) is 19.7. The summed E-state index contributed by atoms with van der Waals surface area (Å²) in [7, 11) is 2.17. The zero-order valence-corrected chi connectivity index (χ0v) is 17.1. The number of amides is 1. The van der Waals surface area contributed by atoms with Gasteiger partial charge in [0.25, 0.3) is 5.91 Å². The van der Waals surface area contributed by atoms with Crippen LogP contribution in [0.2, 0.25) is 0 Å². The maximum Gasteiger partial charge on any atom is 0.265 e. The maximum atomic E-state index is 12.6. The van der Waals surface area contributed by atoms with E-state index in [2.05, 4.69) is 46.4 Å². The van der Waals surface area contributed by atoms with Crippen LogP contribution in [0.4, 0.5) is 0 Å². The minimum Gasteiger partial charge on any atom is -0.482 e. The molecule has 2 aromatic carbocycles. The van der Waals surface area contributed by atoms with Crippen LogP contribution in [0, 0.1) is 0 Å². The molecule has 1 saturated heterocycles. The summed E-state index contributed by atoms with van der Waals surface area (Å²) < 4.78 is 11.7. The quantitative estimate of drug-likeness (QED) is 0.842. The van der Waals surface area contributed by atoms with Crippen molar-refractivity contribution in [3.05, 3.63) is 59.7 Å². The van der Waals surface area contributed by atoms with E-state index in [4.69, 9.17) is 9.47 Å². The van der Waals surface area contributed by atoms with Gasteiger partial charge in [-0.3, -0.25) is 9.69 Å². The Morgan fingerprint density at radius 1 is 0.966 bits per heavy atom. The summed E-state index contributed by atoms with van der Waals surface area (Å²) in [6.07, 6.45) is -0.989. The first-order valence-corrected chi connectivity index (χ1v) is 10.3. The highest BCUT2D eigenvalue weighted by Gasteiger charge is 2.33. The Balaban J connectivity index is 1.28. The Hall–Kier alpha value is -2.57. The molecule has 4 rings (SSSR count). The van der Waals surface area contributed by atoms with E-state index >= 15 is 0 Å². The number of nitrogens with one attached hydrogen (secondary N) is 1. The fourth-order valence-corrected chi connectivity index (χ4v) is 3.72. The Morgan fingerprint density at radius 2 is 1.59 bits per heavy atom. The lowest BCUT2D eigenvalue weighted by Gasteiger charge is -2.32. The average molecular weight is 396 g/mol. The van der Waals surface area contributed by atoms with E-state index in [1.807, 2.05) is 31.2 Å². The molecule has 1 N–H and O–H groups in total. The van der Waals surface area contributed by atoms with Gasteiger partial charge < -0.3 is 19.7 Å². The van der Waals surface area contributed by atoms with Gasteiger partial charge in [0.05, 0.1) is 0 Å². The second-order valence-electron chi connectivity index (χ2n) is 7.92. The smallest absolute Gasteiger partial charge is 0.265 e. The Morgan fingerprint density at radius 3 is 2.28 bits per heavy atom. The lowest BCUT2D eigenvalue weighted by atomic mass is 10.1. The topological polar surface area (TPSA) is 54.0 Å². The molecule has 0 radical (unpaired) electrons. The molecule has 2 atom stereocenters. The van der Waals surface area contributed by atoms with Gasteiger partial charge in [-0.2, -0.15) is 0 Å². The maximum absolute atomic E-state index is 12.6. The standard InChI is InChI=1S/C23H29N3O3/c1-17-22(29-21-6-4-3-5-20(21)28-17)23(27)24-15-18-7-9-19(10-8-18)16-26-13-11-25(2)12-14-26/h3-10,17,22H,11-16H2,1-2H3,(H,24,27). The summed E-state index contributed by atoms with van der Waals surface area (Å²) in [5, 5.41) is 2.98. The number of piperazine rings is 1. The van der Waals surface area contributed by atoms with Gasteiger partial charge in [-0.25, -0.2) is 0 Å². The molecule has 2 unspecified atom stereocenters. The number of likely N-dealkylation sites (N-methyl/N-ethyl adjacent to an activating group) is 1. The van der Waals surface area contributed by atoms with Crippen molar-refractivity contribution in [3.63, 3.8) is 0 Å². The third-order valence-corrected chi connectivity index (χ3v) is 5.59. The van der Waals surface area contributed by atoms with Crippen molar-refractivity contribution in [1.29, 1.82) is 0 Å². The van der Waals surface area contributed by atoms with Crippen molar-refractivity contribution in [2.24, 2.45) is 0 Å². The van der Waals surface area contributed by atoms with Gasteiger partial charge in [-0.1, -0.05) is 36.4 Å². The molecule has 1 amide bonds. The van der Waals surface area contributed by atoms with Gasteiger partial charge in [-0.15, -0.1) is 0 Å². The summed E-state index contributed by atoms with van der Waals surface area (Å²) in [5.74, 6) is 1.13. The monoisotopic (exact) mass is 395 g/mol. The molecule has 0 spiro atoms. The van der Waals surface area contributed by atoms with Crippen molar-refractivity contribution >= 4 is 5.91 Å². The van der Waals surface area contributed by atoms with Crippen LogP contribution in [0.5, 0.6) is 11.5 Å². The third kappa shape index (κ3) is 4.89. The minimum atomic E-state index is -0.651. The fourth-order valence-electron chi connectivity index (χ4n) is 3.72. The predicted molar refractivity (Wildman–Crippen MR) is 112 cm³/mol. The molecule has 29 heavy (non-hydrogen) atoms. The highest BCUT2D eigenvalue weighted by Crippen LogP contribution is 2.33. The minimum absolute atomic E-state index is 0.159. The number of hydrogen-bond donors (Lipinski definition) is 1. The molecule has 2 heterocycles. The normalized spacial score (nSPS) is 22.3. The van der Waals surface area contributed by atoms with Gasteiger partial charge in [0.2, 0.25) is 6.10 Å². The van der Waals surface area contributed by atoms with Crippen LogP contribution >= 0.6 is 0 Å². The van der Waals surface area contributed by atoms with E-state index in [1.165, 1.54) is 5.56 Å². The second kappa shape index (κ2) is 8.84. The third-order valence-electron chi connectivity index (χ3n) is 5.59. The van der Waals surface area contributed by atoms with Gasteiger partial charge in [0.1, 0.15) is 6.10 Å². The Labute approximate surface area is 172 Å². The number of fused-ring (bicyclic) bond motifs is 1. The largest absolute Gasteiger partial charge is 0.482 e. The SMILES string of the molecule is CC1Oc2ccccc2OC1C(=O)NCc1ccc(CN2CCN(C)CC2)cc1. The van der Waals surface area contributed by atoms with Gasteiger partial charge >= 0.3 is 0 Å². The van der Waals surface area contributed by atoms with Crippen LogP contribution in [-0.2, 0) is 17.9 Å². The number of nitrogens with zero attached hydrogens (tertiary/aromatic N) is 2. The number of para-hydroxylation sites is 2. The van der Waals surface area contributed by atoms with E-state index in [0.717, 1.165) is 38.3 Å². The molecule has 6 heteroatoms. The van der Waals surface area contributed by atoms with Gasteiger partial charge in [-0.05, 0) is 37.2 Å². The van der Waals surface area contributed by atoms with Crippen molar-refractivity contribution in [2.75, 3.05) is 33.2 Å². The summed E-state index contributed by atoms with van der Waals surface area (Å²) in [4.78, 5) is 17.5. The second-order valence-corrected chi connectivity index (χ2v) is 7.92. The molecule has 0 saturated carbocycles. The van der Waals surface area contributed by atoms with E-state index in [0.29, 0.717) is 18.0 Å². The van der Waals surface area contributed by atoms with Crippen molar-refractivity contribution in [1.82, 2.24) is 15.1 Å². The van der Waals surface area contributed by atoms with Crippen LogP contribution in [0.1, 0.15) is 18.1 Å². The molecule has 0 bridgehead atoms. The Kier molecular flexibility index (Phi) is 6.02. The zero-order valence-electron chi connectivity index (χ0n) is 17.1. The van der Waals surface area contributed by atoms with Crippen molar-refractivity contribution < 1.29 is 14.3 Å². The Bertz CT molecular complexity index is 832. The number of carbonyl (C=O) groups is 1. The van der Waals surface area contributed by atoms with Crippen LogP contribution in [0.3, 0.4) is 0 Å². The first-order chi connectivity index (χ1) is 14.1. The van der Waals surface area contributed by atoms with Gasteiger partial charge in [0, 0.05) is 39.3 Å². The van der Waals surface area contributed by atoms with E-state index in [-0.39, 0.29) is 12.0 Å². The summed E-state index contributed by atoms with van der Waals surface area (Å²) in [6, 6.07) is 15.9. The zero-order chi connectivity index (χ0) is 20.2. The van der Waals surface area contributed by atoms with E-state index < -0.39 is 6.10 Å². The number of benzene rings is 2. The molecule has 2 aliphatic heterocycles. The molecule has 154 valence electrons. The fraction of sp³-hybridized carbons (Fsp3) is 0.435. The number of rotatable bonds is 5. The number of carbonyl (C=O) groups excluding carboxylic acids is 1. The lowest BCUT2D eigenvalue weighted by molar-refractivity contribution is -0.133. The summed E-state index contributed by atoms with van der Waals surface area (Å²) in [5.41, 5.74) is 2.38. The van der Waals surface area contributed by atoms with Crippen LogP contribution in [0.25, 0.3) is 0 Å². The van der Waals surface area contributed by atoms with Crippen LogP contribution in [0.15, 0.2) is 48.5 Å². The number of ether oxygens (including phenoxy) is 2. The molecular formula is C23H29N3O3. The lowest BCUT2D eigenvalue weighted by Crippen LogP contribution is -2.48. The number of hydrogen-bond acceptors (Lipinski definition) is 5. The van der Waals surface area contributed by atoms with Crippen LogP contribution < -0.4 is 14.8 Å². The van der Waals surface area contributed by atoms with E-state index in [1.54, 1.807) is 0 Å². The molecule has 0 aliphatic carbocycles. The summed E-state index contributed by atoms with van der Waals surface area (Å²) in [6.45, 7) is 7.78. The van der Waals surface area contributed by atoms with Crippen molar-refractivity contribution in [3.8, 4) is 11.5 Å². The first-order valence-electron chi connectivity index (χ1n) is 10.3. The average Bonchev–Trinajstić information content (AvgIpc) is 2.74. The highest BCUT2D eigenvalue weighted by molar-refractivity contribution is 5.82.